The van der Waals surface area contributed by atoms with Crippen molar-refractivity contribution >= 4 is 64.3 Å². The standard InChI is InChI=1S/C51H63N7O12/c1-6-27(3)43(48(66)56-39(51(69)70)24-32-26-52-36-19-13-12-16-33(32)36)58-49(67)44(28(4)7-2)57-47(65)38(25-41(62)63)55-46(64)37(22-23-40(60)61)54-50(68)45(53-29(5)59)42-34-17-10-8-14-30(34)20-21-31-15-9-11-18-35(31)42/h8-19,26-28,37-39,42-45,52H,6-7,20-25H2,1-5H3,(H,53,59)(H,54,68)(H,55,64)(H,56,66)(H,57,65)(H,58,67)(H,60,61)(H,62,63)(H,69,70)/t27-,28-,37-,38-,39-,43-,44-,45+/m0/s1. The summed E-state index contributed by atoms with van der Waals surface area (Å²) in [6.45, 7) is 8.04. The Morgan fingerprint density at radius 2 is 1.10 bits per heavy atom. The summed E-state index contributed by atoms with van der Waals surface area (Å²) in [6, 6.07) is 13.3. The number of carbonyl (C=O) groups excluding carboxylic acids is 6. The van der Waals surface area contributed by atoms with Crippen molar-refractivity contribution in [2.24, 2.45) is 11.8 Å². The van der Waals surface area contributed by atoms with Crippen molar-refractivity contribution in [3.63, 3.8) is 0 Å². The van der Waals surface area contributed by atoms with Crippen molar-refractivity contribution in [3.05, 3.63) is 107 Å². The van der Waals surface area contributed by atoms with E-state index in [4.69, 9.17) is 0 Å². The fourth-order valence-electron chi connectivity index (χ4n) is 8.78. The van der Waals surface area contributed by atoms with Gasteiger partial charge >= 0.3 is 17.9 Å². The van der Waals surface area contributed by atoms with Gasteiger partial charge in [-0.05, 0) is 65.0 Å². The number of para-hydroxylation sites is 1. The van der Waals surface area contributed by atoms with Crippen LogP contribution in [-0.4, -0.2) is 110 Å². The van der Waals surface area contributed by atoms with Crippen LogP contribution in [0, 0.1) is 11.8 Å². The van der Waals surface area contributed by atoms with E-state index in [1.54, 1.807) is 52.1 Å². The predicted octanol–water partition coefficient (Wildman–Crippen LogP) is 3.09. The maximum absolute atomic E-state index is 14.5. The molecule has 10 N–H and O–H groups in total. The van der Waals surface area contributed by atoms with Crippen LogP contribution in [0.3, 0.4) is 0 Å². The van der Waals surface area contributed by atoms with E-state index in [1.807, 2.05) is 54.6 Å². The monoisotopic (exact) mass is 965 g/mol. The first kappa shape index (κ1) is 53.4. The number of carboxylic acids is 3. The van der Waals surface area contributed by atoms with Gasteiger partial charge in [-0.15, -0.1) is 0 Å². The van der Waals surface area contributed by atoms with Crippen LogP contribution in [0.25, 0.3) is 10.9 Å². The average molecular weight is 966 g/mol. The van der Waals surface area contributed by atoms with Crippen LogP contribution in [-0.2, 0) is 62.4 Å². The van der Waals surface area contributed by atoms with Crippen molar-refractivity contribution in [1.29, 1.82) is 0 Å². The van der Waals surface area contributed by atoms with E-state index < -0.39 is 127 Å². The maximum Gasteiger partial charge on any atom is 0.326 e. The molecular formula is C51H63N7O12. The lowest BCUT2D eigenvalue weighted by Crippen LogP contribution is -2.61. The Labute approximate surface area is 405 Å². The van der Waals surface area contributed by atoms with Gasteiger partial charge in [-0.25, -0.2) is 4.79 Å². The number of aliphatic carboxylic acids is 3. The van der Waals surface area contributed by atoms with Crippen molar-refractivity contribution in [2.75, 3.05) is 0 Å². The molecular weight excluding hydrogens is 903 g/mol. The normalized spacial score (nSPS) is 15.6. The van der Waals surface area contributed by atoms with Crippen LogP contribution in [0.1, 0.15) is 100 Å². The van der Waals surface area contributed by atoms with Crippen molar-refractivity contribution in [2.45, 2.75) is 128 Å². The lowest BCUT2D eigenvalue weighted by atomic mass is 9.82. The zero-order chi connectivity index (χ0) is 51.2. The van der Waals surface area contributed by atoms with Crippen LogP contribution in [0.15, 0.2) is 79.0 Å². The lowest BCUT2D eigenvalue weighted by Gasteiger charge is -2.31. The summed E-state index contributed by atoms with van der Waals surface area (Å²) < 4.78 is 0. The number of benzene rings is 3. The highest BCUT2D eigenvalue weighted by Gasteiger charge is 2.39. The van der Waals surface area contributed by atoms with Crippen molar-refractivity contribution in [3.8, 4) is 0 Å². The molecule has 0 fully saturated rings. The summed E-state index contributed by atoms with van der Waals surface area (Å²) in [5.41, 5.74) is 4.80. The number of hydrogen-bond acceptors (Lipinski definition) is 9. The summed E-state index contributed by atoms with van der Waals surface area (Å²) in [4.78, 5) is 123. The highest BCUT2D eigenvalue weighted by Crippen LogP contribution is 2.37. The van der Waals surface area contributed by atoms with Crippen LogP contribution < -0.4 is 31.9 Å². The van der Waals surface area contributed by atoms with Crippen LogP contribution in [0.5, 0.6) is 0 Å². The third-order valence-corrected chi connectivity index (χ3v) is 13.0. The second kappa shape index (κ2) is 24.6. The highest BCUT2D eigenvalue weighted by molar-refractivity contribution is 5.98. The molecule has 1 aliphatic carbocycles. The van der Waals surface area contributed by atoms with E-state index in [0.29, 0.717) is 31.2 Å². The van der Waals surface area contributed by atoms with Crippen LogP contribution >= 0.6 is 0 Å². The number of aryl methyl sites for hydroxylation is 2. The number of nitrogens with one attached hydrogen (secondary N) is 7. The number of hydrogen-bond donors (Lipinski definition) is 10. The molecule has 0 saturated heterocycles. The van der Waals surface area contributed by atoms with Gasteiger partial charge < -0.3 is 52.2 Å². The minimum atomic E-state index is -1.87. The van der Waals surface area contributed by atoms with Gasteiger partial charge in [0.25, 0.3) is 0 Å². The Hall–Kier alpha value is -7.57. The Morgan fingerprint density at radius 1 is 0.600 bits per heavy atom. The minimum absolute atomic E-state index is 0.0746. The number of aromatic nitrogens is 1. The number of rotatable bonds is 24. The summed E-state index contributed by atoms with van der Waals surface area (Å²) in [7, 11) is 0. The molecule has 4 aromatic rings. The molecule has 0 radical (unpaired) electrons. The Kier molecular flexibility index (Phi) is 18.8. The molecule has 6 amide bonds. The second-order valence-electron chi connectivity index (χ2n) is 17.9. The number of carboxylic acid groups (broad SMARTS) is 3. The molecule has 1 heterocycles. The first-order valence-corrected chi connectivity index (χ1v) is 23.5. The molecule has 0 spiro atoms. The summed E-state index contributed by atoms with van der Waals surface area (Å²) in [5, 5.41) is 45.9. The minimum Gasteiger partial charge on any atom is -0.481 e. The van der Waals surface area contributed by atoms with Gasteiger partial charge in [0.05, 0.1) is 6.42 Å². The van der Waals surface area contributed by atoms with Crippen LogP contribution in [0.2, 0.25) is 0 Å². The SMILES string of the molecule is CC[C@H](C)[C@H](NC(=O)[C@H](CC(=O)O)NC(=O)[C@H](CCC(=O)O)NC(=O)[C@H](NC(C)=O)C1c2ccccc2CCc2ccccc21)C(=O)N[C@H](C(=O)N[C@@H](Cc1c[nH]c2ccccc12)C(=O)O)[C@@H](C)CC. The molecule has 70 heavy (non-hydrogen) atoms. The van der Waals surface area contributed by atoms with E-state index in [9.17, 15) is 58.5 Å². The zero-order valence-corrected chi connectivity index (χ0v) is 39.9. The molecule has 0 unspecified atom stereocenters. The highest BCUT2D eigenvalue weighted by atomic mass is 16.4. The van der Waals surface area contributed by atoms with Gasteiger partial charge in [-0.3, -0.25) is 38.4 Å². The fraction of sp³-hybridized carbons (Fsp3) is 0.431. The maximum atomic E-state index is 14.5. The summed E-state index contributed by atoms with van der Waals surface area (Å²) in [5.74, 6) is -11.3. The quantitative estimate of drug-likeness (QED) is 0.0485. The molecule has 374 valence electrons. The Balaban J connectivity index is 1.37. The molecule has 3 aromatic carbocycles. The number of carbonyl (C=O) groups is 9. The smallest absolute Gasteiger partial charge is 0.326 e. The largest absolute Gasteiger partial charge is 0.481 e. The molecule has 8 atom stereocenters. The van der Waals surface area contributed by atoms with Crippen molar-refractivity contribution in [1.82, 2.24) is 36.9 Å². The van der Waals surface area contributed by atoms with Crippen LogP contribution in [0.4, 0.5) is 0 Å². The molecule has 0 bridgehead atoms. The van der Waals surface area contributed by atoms with Gasteiger partial charge in [0.15, 0.2) is 0 Å². The third-order valence-electron chi connectivity index (χ3n) is 13.0. The molecule has 1 aliphatic rings. The van der Waals surface area contributed by atoms with Gasteiger partial charge in [-0.2, -0.15) is 0 Å². The first-order valence-electron chi connectivity index (χ1n) is 23.5. The topological polar surface area (TPSA) is 302 Å². The van der Waals surface area contributed by atoms with Crippen molar-refractivity contribution < 1.29 is 58.5 Å². The van der Waals surface area contributed by atoms with Gasteiger partial charge in [0.2, 0.25) is 35.4 Å². The molecule has 5 rings (SSSR count). The first-order chi connectivity index (χ1) is 33.3. The second-order valence-corrected chi connectivity index (χ2v) is 17.9. The van der Waals surface area contributed by atoms with E-state index >= 15 is 0 Å². The number of amides is 6. The third kappa shape index (κ3) is 13.8. The van der Waals surface area contributed by atoms with E-state index in [-0.39, 0.29) is 6.42 Å². The lowest BCUT2D eigenvalue weighted by molar-refractivity contribution is -0.142. The number of aromatic amines is 1. The summed E-state index contributed by atoms with van der Waals surface area (Å²) in [6.07, 6.45) is 1.41. The van der Waals surface area contributed by atoms with Gasteiger partial charge in [0.1, 0.15) is 36.3 Å². The van der Waals surface area contributed by atoms with E-state index in [2.05, 4.69) is 36.9 Å². The fourth-order valence-corrected chi connectivity index (χ4v) is 8.78. The Morgan fingerprint density at radius 3 is 1.64 bits per heavy atom. The molecule has 0 saturated carbocycles. The number of fused-ring (bicyclic) bond motifs is 3. The average Bonchev–Trinajstić information content (AvgIpc) is 3.66. The Bertz CT molecular complexity index is 2530. The zero-order valence-electron chi connectivity index (χ0n) is 39.9. The van der Waals surface area contributed by atoms with Gasteiger partial charge in [0, 0.05) is 42.8 Å². The predicted molar refractivity (Wildman–Crippen MR) is 257 cm³/mol. The molecule has 19 nitrogen and oxygen atoms in total. The van der Waals surface area contributed by atoms with E-state index in [1.165, 1.54) is 6.92 Å². The molecule has 19 heteroatoms. The summed E-state index contributed by atoms with van der Waals surface area (Å²) >= 11 is 0. The van der Waals surface area contributed by atoms with E-state index in [0.717, 1.165) is 33.2 Å². The number of H-pyrrole nitrogens is 1. The molecule has 0 aliphatic heterocycles. The molecule has 1 aromatic heterocycles. The van der Waals surface area contributed by atoms with Gasteiger partial charge in [-0.1, -0.05) is 107 Å².